The Bertz CT molecular complexity index is 2470. The van der Waals surface area contributed by atoms with Crippen molar-refractivity contribution in [3.63, 3.8) is 0 Å². The van der Waals surface area contributed by atoms with E-state index in [1.54, 1.807) is 0 Å². The maximum Gasteiger partial charge on any atom is 0.0351 e. The Morgan fingerprint density at radius 2 is 0.865 bits per heavy atom. The summed E-state index contributed by atoms with van der Waals surface area (Å²) in [5.74, 6) is 0. The zero-order valence-electron chi connectivity index (χ0n) is 29.1. The molecule has 0 aromatic heterocycles. The smallest absolute Gasteiger partial charge is 0.0351 e. The Balaban J connectivity index is 1.17. The van der Waals surface area contributed by atoms with Gasteiger partial charge in [-0.1, -0.05) is 188 Å². The third kappa shape index (κ3) is 7.15. The normalized spacial score (nSPS) is 11.7. The molecule has 252 valence electrons. The van der Waals surface area contributed by atoms with E-state index in [0.717, 1.165) is 36.3 Å². The lowest BCUT2D eigenvalue weighted by molar-refractivity contribution is 0.529. The number of allylic oxidation sites excluding steroid dienone is 1. The van der Waals surface area contributed by atoms with Gasteiger partial charge in [-0.3, -0.25) is 10.9 Å². The van der Waals surface area contributed by atoms with E-state index in [-0.39, 0.29) is 0 Å². The minimum atomic E-state index is 0.729. The van der Waals surface area contributed by atoms with Crippen LogP contribution < -0.4 is 16.6 Å². The first kappa shape index (κ1) is 32.9. The van der Waals surface area contributed by atoms with E-state index in [9.17, 15) is 0 Å². The molecule has 3 nitrogen and oxygen atoms in total. The average molecular weight is 672 g/mol. The monoisotopic (exact) mass is 671 g/mol. The molecule has 0 aliphatic rings. The molecule has 0 fully saturated rings. The number of hydrogen-bond acceptors (Lipinski definition) is 3. The second kappa shape index (κ2) is 15.3. The maximum absolute atomic E-state index is 6.60. The Morgan fingerprint density at radius 3 is 1.40 bits per heavy atom. The third-order valence-electron chi connectivity index (χ3n) is 9.86. The lowest BCUT2D eigenvalue weighted by atomic mass is 9.83. The molecule has 0 aliphatic carbocycles. The molecule has 0 aliphatic heterocycles. The van der Waals surface area contributed by atoms with Crippen molar-refractivity contribution in [3.8, 4) is 33.4 Å². The van der Waals surface area contributed by atoms with Crippen molar-refractivity contribution in [2.24, 2.45) is 5.73 Å². The molecule has 0 heterocycles. The molecule has 0 unspecified atom stereocenters. The van der Waals surface area contributed by atoms with Gasteiger partial charge in [-0.05, 0) is 83.6 Å². The number of nitrogens with one attached hydrogen (secondary N) is 2. The highest BCUT2D eigenvalue weighted by Crippen LogP contribution is 2.46. The fraction of sp³-hybridized carbons (Fsp3) is 0.0612. The van der Waals surface area contributed by atoms with Crippen molar-refractivity contribution in [3.05, 3.63) is 210 Å². The van der Waals surface area contributed by atoms with E-state index in [1.165, 1.54) is 66.1 Å². The lowest BCUT2D eigenvalue weighted by Gasteiger charge is -2.20. The molecule has 0 radical (unpaired) electrons. The first-order valence-electron chi connectivity index (χ1n) is 17.9. The molecule has 0 amide bonds. The van der Waals surface area contributed by atoms with Crippen LogP contribution in [0.4, 0.5) is 0 Å². The number of benzene rings is 8. The third-order valence-corrected chi connectivity index (χ3v) is 9.86. The standard InChI is InChI=1S/C49H41N3/c50-47(32-21-35-11-3-1-4-12-35)42-26-24-41(25-27-42)46-31-29-39-16-8-10-18-44(39)49(46)48-43-17-9-7-15-38(43)28-30-45(48)40-22-19-37(20-23-40)34-52-51-33-36-13-5-2-6-14-36/h1-20,22-32,51-52H,21,33-34,50H2/b47-32-. The highest BCUT2D eigenvalue weighted by molar-refractivity contribution is 6.14. The summed E-state index contributed by atoms with van der Waals surface area (Å²) >= 11 is 0. The van der Waals surface area contributed by atoms with Crippen LogP contribution in [0.5, 0.6) is 0 Å². The van der Waals surface area contributed by atoms with Gasteiger partial charge in [-0.25, -0.2) is 0 Å². The van der Waals surface area contributed by atoms with Crippen LogP contribution in [0.2, 0.25) is 0 Å². The lowest BCUT2D eigenvalue weighted by Crippen LogP contribution is -2.30. The summed E-state index contributed by atoms with van der Waals surface area (Å²) in [7, 11) is 0. The van der Waals surface area contributed by atoms with Crippen molar-refractivity contribution in [2.75, 3.05) is 0 Å². The van der Waals surface area contributed by atoms with Gasteiger partial charge >= 0.3 is 0 Å². The molecule has 4 N–H and O–H groups in total. The van der Waals surface area contributed by atoms with Gasteiger partial charge in [0.1, 0.15) is 0 Å². The summed E-state index contributed by atoms with van der Waals surface area (Å²) in [6.07, 6.45) is 2.91. The second-order valence-electron chi connectivity index (χ2n) is 13.2. The highest BCUT2D eigenvalue weighted by atomic mass is 15.3. The molecule has 0 atom stereocenters. The molecule has 8 rings (SSSR count). The van der Waals surface area contributed by atoms with Crippen molar-refractivity contribution < 1.29 is 0 Å². The largest absolute Gasteiger partial charge is 0.398 e. The minimum absolute atomic E-state index is 0.729. The van der Waals surface area contributed by atoms with E-state index < -0.39 is 0 Å². The molecule has 3 heteroatoms. The summed E-state index contributed by atoms with van der Waals surface area (Å²) in [5, 5.41) is 4.90. The van der Waals surface area contributed by atoms with Crippen molar-refractivity contribution in [2.45, 2.75) is 19.5 Å². The Morgan fingerprint density at radius 1 is 0.423 bits per heavy atom. The van der Waals surface area contributed by atoms with Crippen LogP contribution in [-0.4, -0.2) is 0 Å². The highest BCUT2D eigenvalue weighted by Gasteiger charge is 2.19. The quantitative estimate of drug-likeness (QED) is 0.0947. The molecular formula is C49H41N3. The first-order valence-corrected chi connectivity index (χ1v) is 17.9. The molecule has 52 heavy (non-hydrogen) atoms. The van der Waals surface area contributed by atoms with Crippen LogP contribution in [0.15, 0.2) is 188 Å². The van der Waals surface area contributed by atoms with Crippen LogP contribution in [0, 0.1) is 0 Å². The van der Waals surface area contributed by atoms with Gasteiger partial charge < -0.3 is 5.73 Å². The van der Waals surface area contributed by atoms with Gasteiger partial charge in [0.2, 0.25) is 0 Å². The number of fused-ring (bicyclic) bond motifs is 2. The van der Waals surface area contributed by atoms with Crippen LogP contribution in [0.1, 0.15) is 22.3 Å². The van der Waals surface area contributed by atoms with E-state index in [2.05, 4.69) is 187 Å². The van der Waals surface area contributed by atoms with Crippen molar-refractivity contribution in [1.82, 2.24) is 10.9 Å². The fourth-order valence-electron chi connectivity index (χ4n) is 7.09. The summed E-state index contributed by atoms with van der Waals surface area (Å²) in [6, 6.07) is 65.1. The summed E-state index contributed by atoms with van der Waals surface area (Å²) in [5.41, 5.74) is 26.1. The van der Waals surface area contributed by atoms with Gasteiger partial charge in [0.05, 0.1) is 0 Å². The van der Waals surface area contributed by atoms with E-state index in [4.69, 9.17) is 5.73 Å². The van der Waals surface area contributed by atoms with E-state index in [1.807, 2.05) is 12.1 Å². The summed E-state index contributed by atoms with van der Waals surface area (Å²) in [4.78, 5) is 0. The number of hydrazine groups is 1. The van der Waals surface area contributed by atoms with Gasteiger partial charge in [-0.15, -0.1) is 0 Å². The molecule has 0 bridgehead atoms. The van der Waals surface area contributed by atoms with E-state index in [0.29, 0.717) is 0 Å². The fourth-order valence-corrected chi connectivity index (χ4v) is 7.09. The molecule has 8 aromatic carbocycles. The molecule has 0 spiro atoms. The topological polar surface area (TPSA) is 50.1 Å². The van der Waals surface area contributed by atoms with Gasteiger partial charge in [-0.2, -0.15) is 0 Å². The Hall–Kier alpha value is -6.26. The van der Waals surface area contributed by atoms with Crippen LogP contribution in [0.3, 0.4) is 0 Å². The first-order chi connectivity index (χ1) is 25.7. The van der Waals surface area contributed by atoms with Gasteiger partial charge in [0.25, 0.3) is 0 Å². The molecule has 0 saturated carbocycles. The van der Waals surface area contributed by atoms with Gasteiger partial charge in [0, 0.05) is 18.8 Å². The molecule has 8 aromatic rings. The predicted molar refractivity (Wildman–Crippen MR) is 220 cm³/mol. The zero-order valence-corrected chi connectivity index (χ0v) is 29.1. The summed E-state index contributed by atoms with van der Waals surface area (Å²) in [6.45, 7) is 1.50. The Labute approximate surface area is 306 Å². The number of rotatable bonds is 11. The number of nitrogens with two attached hydrogens (primary N) is 1. The van der Waals surface area contributed by atoms with Crippen LogP contribution in [-0.2, 0) is 19.5 Å². The van der Waals surface area contributed by atoms with Crippen molar-refractivity contribution >= 4 is 27.2 Å². The maximum atomic E-state index is 6.60. The molecular weight excluding hydrogens is 631 g/mol. The van der Waals surface area contributed by atoms with E-state index >= 15 is 0 Å². The van der Waals surface area contributed by atoms with Crippen LogP contribution >= 0.6 is 0 Å². The van der Waals surface area contributed by atoms with Gasteiger partial charge in [0.15, 0.2) is 0 Å². The van der Waals surface area contributed by atoms with Crippen molar-refractivity contribution in [1.29, 1.82) is 0 Å². The average Bonchev–Trinajstić information content (AvgIpc) is 3.22. The predicted octanol–water partition coefficient (Wildman–Crippen LogP) is 11.3. The Kier molecular flexibility index (Phi) is 9.70. The minimum Gasteiger partial charge on any atom is -0.398 e. The number of hydrogen-bond donors (Lipinski definition) is 3. The summed E-state index contributed by atoms with van der Waals surface area (Å²) < 4.78 is 0. The second-order valence-corrected chi connectivity index (χ2v) is 13.2. The molecule has 0 saturated heterocycles. The SMILES string of the molecule is N/C(=C\Cc1ccccc1)c1ccc(-c2ccc3ccccc3c2-c2c(-c3ccc(CNNCc4ccccc4)cc3)ccc3ccccc23)cc1. The van der Waals surface area contributed by atoms with Crippen LogP contribution in [0.25, 0.3) is 60.6 Å². The zero-order chi connectivity index (χ0) is 35.1.